The van der Waals surface area contributed by atoms with Gasteiger partial charge in [0.1, 0.15) is 5.60 Å². The van der Waals surface area contributed by atoms with Crippen molar-refractivity contribution in [2.24, 2.45) is 10.9 Å². The molecule has 0 aromatic heterocycles. The summed E-state index contributed by atoms with van der Waals surface area (Å²) in [6.45, 7) is 6.38. The number of nitrogens with zero attached hydrogens (tertiary/aromatic N) is 2. The van der Waals surface area contributed by atoms with Gasteiger partial charge in [-0.25, -0.2) is 4.79 Å². The summed E-state index contributed by atoms with van der Waals surface area (Å²) in [6.07, 6.45) is 1.56. The number of amides is 1. The number of aliphatic imine (C=N–C) groups is 1. The van der Waals surface area contributed by atoms with E-state index in [4.69, 9.17) is 4.74 Å². The van der Waals surface area contributed by atoms with Crippen molar-refractivity contribution in [2.75, 3.05) is 20.1 Å². The Morgan fingerprint density at radius 2 is 2.12 bits per heavy atom. The molecule has 1 rings (SSSR count). The molecule has 1 aliphatic rings. The van der Waals surface area contributed by atoms with E-state index in [1.807, 2.05) is 20.8 Å². The summed E-state index contributed by atoms with van der Waals surface area (Å²) in [5, 5.41) is 9.71. The zero-order valence-electron chi connectivity index (χ0n) is 11.0. The molecule has 17 heavy (non-hydrogen) atoms. The number of likely N-dealkylation sites (tertiary alicyclic amines) is 1. The lowest BCUT2D eigenvalue weighted by molar-refractivity contribution is -0.000754. The number of β-amino-alcohol motifs (C(OH)–C–C–N with tert-alkyl or cyclic N) is 1. The molecule has 0 saturated carbocycles. The molecule has 5 heteroatoms. The fourth-order valence-corrected chi connectivity index (χ4v) is 1.90. The Kier molecular flexibility index (Phi) is 4.51. The molecule has 1 unspecified atom stereocenters. The highest BCUT2D eigenvalue weighted by atomic mass is 16.6. The van der Waals surface area contributed by atoms with E-state index in [1.54, 1.807) is 18.2 Å². The molecule has 1 fully saturated rings. The largest absolute Gasteiger partial charge is 0.444 e. The second-order valence-electron chi connectivity index (χ2n) is 5.44. The maximum absolute atomic E-state index is 11.9. The highest BCUT2D eigenvalue weighted by Gasteiger charge is 2.30. The molecule has 5 nitrogen and oxygen atoms in total. The van der Waals surface area contributed by atoms with Crippen LogP contribution in [0.3, 0.4) is 0 Å². The van der Waals surface area contributed by atoms with Gasteiger partial charge in [0.05, 0.1) is 6.10 Å². The second kappa shape index (κ2) is 5.49. The molecule has 1 N–H and O–H groups in total. The monoisotopic (exact) mass is 242 g/mol. The third-order valence-corrected chi connectivity index (χ3v) is 2.47. The Bertz CT molecular complexity index is 297. The molecule has 0 radical (unpaired) electrons. The molecule has 98 valence electrons. The summed E-state index contributed by atoms with van der Waals surface area (Å²) in [5.41, 5.74) is -0.506. The minimum Gasteiger partial charge on any atom is -0.444 e. The van der Waals surface area contributed by atoms with Gasteiger partial charge in [-0.15, -0.1) is 0 Å². The van der Waals surface area contributed by atoms with Gasteiger partial charge < -0.3 is 19.7 Å². The number of hydrogen-bond donors (Lipinski definition) is 1. The predicted molar refractivity (Wildman–Crippen MR) is 66.3 cm³/mol. The Morgan fingerprint density at radius 3 is 2.65 bits per heavy atom. The number of carbonyl (C=O) groups excluding carboxylic acids is 1. The van der Waals surface area contributed by atoms with Crippen molar-refractivity contribution in [3.8, 4) is 0 Å². The summed E-state index contributed by atoms with van der Waals surface area (Å²) in [5.74, 6) is 0.108. The normalized spacial score (nSPS) is 26.3. The number of ether oxygens (including phenoxy) is 1. The van der Waals surface area contributed by atoms with Gasteiger partial charge in [-0.2, -0.15) is 0 Å². The lowest BCUT2D eigenvalue weighted by Crippen LogP contribution is -2.48. The van der Waals surface area contributed by atoms with Gasteiger partial charge in [-0.3, -0.25) is 0 Å². The zero-order chi connectivity index (χ0) is 13.1. The first-order valence-corrected chi connectivity index (χ1v) is 5.90. The van der Waals surface area contributed by atoms with Crippen molar-refractivity contribution in [2.45, 2.75) is 38.9 Å². The molecule has 0 spiro atoms. The number of rotatable bonds is 1. The Morgan fingerprint density at radius 1 is 1.47 bits per heavy atom. The summed E-state index contributed by atoms with van der Waals surface area (Å²) in [7, 11) is 1.69. The molecule has 0 aliphatic carbocycles. The quantitative estimate of drug-likeness (QED) is 0.705. The first-order chi connectivity index (χ1) is 7.81. The molecule has 1 aliphatic heterocycles. The molecule has 1 saturated heterocycles. The maximum atomic E-state index is 11.9. The van der Waals surface area contributed by atoms with E-state index in [2.05, 4.69) is 4.99 Å². The highest BCUT2D eigenvalue weighted by molar-refractivity contribution is 5.70. The number of hydrogen-bond acceptors (Lipinski definition) is 4. The van der Waals surface area contributed by atoms with E-state index in [9.17, 15) is 9.90 Å². The topological polar surface area (TPSA) is 62.1 Å². The van der Waals surface area contributed by atoms with Crippen molar-refractivity contribution in [3.63, 3.8) is 0 Å². The van der Waals surface area contributed by atoms with Crippen LogP contribution in [0.4, 0.5) is 4.79 Å². The fraction of sp³-hybridized carbons (Fsp3) is 0.833. The van der Waals surface area contributed by atoms with Gasteiger partial charge in [0.25, 0.3) is 0 Å². The van der Waals surface area contributed by atoms with Crippen LogP contribution in [0.2, 0.25) is 0 Å². The van der Waals surface area contributed by atoms with Crippen LogP contribution in [0.1, 0.15) is 27.2 Å². The van der Waals surface area contributed by atoms with E-state index in [0.29, 0.717) is 19.5 Å². The molecule has 2 atom stereocenters. The van der Waals surface area contributed by atoms with Gasteiger partial charge in [-0.05, 0) is 27.2 Å². The minimum atomic E-state index is -0.506. The van der Waals surface area contributed by atoms with Crippen LogP contribution in [-0.4, -0.2) is 54.2 Å². The molecule has 0 aromatic carbocycles. The van der Waals surface area contributed by atoms with Crippen LogP contribution < -0.4 is 0 Å². The number of aliphatic hydroxyl groups excluding tert-OH is 1. The summed E-state index contributed by atoms with van der Waals surface area (Å²) >= 11 is 0. The third-order valence-electron chi connectivity index (χ3n) is 2.47. The highest BCUT2D eigenvalue weighted by Crippen LogP contribution is 2.18. The average molecular weight is 242 g/mol. The van der Waals surface area contributed by atoms with E-state index >= 15 is 0 Å². The number of carbonyl (C=O) groups is 1. The molecule has 0 aromatic rings. The molecular weight excluding hydrogens is 220 g/mol. The van der Waals surface area contributed by atoms with E-state index < -0.39 is 11.7 Å². The van der Waals surface area contributed by atoms with Crippen molar-refractivity contribution >= 4 is 12.3 Å². The lowest BCUT2D eigenvalue weighted by atomic mass is 9.97. The maximum Gasteiger partial charge on any atom is 0.410 e. The van der Waals surface area contributed by atoms with E-state index in [0.717, 1.165) is 0 Å². The molecular formula is C12H22N2O3. The molecule has 0 bridgehead atoms. The smallest absolute Gasteiger partial charge is 0.410 e. The third kappa shape index (κ3) is 4.73. The Labute approximate surface area is 102 Å². The average Bonchev–Trinajstić information content (AvgIpc) is 2.14. The predicted octanol–water partition coefficient (Wildman–Crippen LogP) is 1.30. The Balaban J connectivity index is 2.61. The van der Waals surface area contributed by atoms with Gasteiger partial charge in [0.15, 0.2) is 0 Å². The molecule has 1 amide bonds. The SMILES string of the molecule is CN=CC1C[C@@H](O)CN(C(=O)OC(C)(C)C)C1. The van der Waals surface area contributed by atoms with Crippen LogP contribution in [0, 0.1) is 5.92 Å². The Hall–Kier alpha value is -1.10. The van der Waals surface area contributed by atoms with Crippen molar-refractivity contribution < 1.29 is 14.6 Å². The zero-order valence-corrected chi connectivity index (χ0v) is 11.0. The van der Waals surface area contributed by atoms with E-state index in [-0.39, 0.29) is 12.0 Å². The standard InChI is InChI=1S/C12H22N2O3/c1-12(2,3)17-11(16)14-7-9(6-13-4)5-10(15)8-14/h6,9-10,15H,5,7-8H2,1-4H3/t9?,10-/m1/s1. The first-order valence-electron chi connectivity index (χ1n) is 5.90. The van der Waals surface area contributed by atoms with Crippen LogP contribution in [-0.2, 0) is 4.74 Å². The summed E-state index contributed by atoms with van der Waals surface area (Å²) < 4.78 is 5.28. The van der Waals surface area contributed by atoms with Crippen molar-refractivity contribution in [1.29, 1.82) is 0 Å². The van der Waals surface area contributed by atoms with Gasteiger partial charge in [0.2, 0.25) is 0 Å². The number of piperidine rings is 1. The van der Waals surface area contributed by atoms with Gasteiger partial charge >= 0.3 is 6.09 Å². The number of aliphatic hydroxyl groups is 1. The summed E-state index contributed by atoms with van der Waals surface area (Å²) in [6, 6.07) is 0. The minimum absolute atomic E-state index is 0.108. The van der Waals surface area contributed by atoms with Gasteiger partial charge in [0, 0.05) is 32.3 Å². The van der Waals surface area contributed by atoms with Crippen molar-refractivity contribution in [3.05, 3.63) is 0 Å². The van der Waals surface area contributed by atoms with Gasteiger partial charge in [-0.1, -0.05) is 0 Å². The van der Waals surface area contributed by atoms with E-state index in [1.165, 1.54) is 0 Å². The lowest BCUT2D eigenvalue weighted by Gasteiger charge is -2.35. The fourth-order valence-electron chi connectivity index (χ4n) is 1.90. The van der Waals surface area contributed by atoms with Crippen LogP contribution in [0.25, 0.3) is 0 Å². The van der Waals surface area contributed by atoms with Crippen LogP contribution in [0.5, 0.6) is 0 Å². The van der Waals surface area contributed by atoms with Crippen LogP contribution >= 0.6 is 0 Å². The van der Waals surface area contributed by atoms with Crippen molar-refractivity contribution in [1.82, 2.24) is 4.90 Å². The van der Waals surface area contributed by atoms with Crippen LogP contribution in [0.15, 0.2) is 4.99 Å². The second-order valence-corrected chi connectivity index (χ2v) is 5.44. The summed E-state index contributed by atoms with van der Waals surface area (Å²) in [4.78, 5) is 17.4. The molecule has 1 heterocycles. The first kappa shape index (κ1) is 14.0.